The van der Waals surface area contributed by atoms with Crippen molar-refractivity contribution >= 4 is 41.1 Å². The Kier molecular flexibility index (Phi) is 6.60. The van der Waals surface area contributed by atoms with Crippen LogP contribution >= 0.6 is 11.8 Å². The number of ketones is 1. The van der Waals surface area contributed by atoms with Gasteiger partial charge in [0.25, 0.3) is 5.22 Å². The number of hydrogen-bond acceptors (Lipinski definition) is 8. The standard InChI is InChI=1S/C18H19N5O5S/c1-11(24)19-13-4-2-3-12(9-13)14(25)10-29-18-22-21-16(28-18)6-8-23-7-5-15(26)20-17(23)27/h2-4,9H,5-8,10H2,1H3,(H,19,24)(H,20,26,27). The van der Waals surface area contributed by atoms with Gasteiger partial charge in [-0.1, -0.05) is 23.9 Å². The second-order valence-corrected chi connectivity index (χ2v) is 7.20. The van der Waals surface area contributed by atoms with E-state index in [1.165, 1.54) is 11.8 Å². The Balaban J connectivity index is 1.49. The first-order chi connectivity index (χ1) is 13.9. The number of rotatable bonds is 8. The van der Waals surface area contributed by atoms with Gasteiger partial charge in [-0.25, -0.2) is 4.79 Å². The summed E-state index contributed by atoms with van der Waals surface area (Å²) in [5.41, 5.74) is 1.02. The van der Waals surface area contributed by atoms with Crippen LogP contribution in [0.3, 0.4) is 0 Å². The Labute approximate surface area is 170 Å². The van der Waals surface area contributed by atoms with E-state index < -0.39 is 6.03 Å². The van der Waals surface area contributed by atoms with Crippen LogP contribution in [0.2, 0.25) is 0 Å². The number of amides is 4. The van der Waals surface area contributed by atoms with Gasteiger partial charge in [-0.15, -0.1) is 10.2 Å². The minimum Gasteiger partial charge on any atom is -0.416 e. The number of thioether (sulfide) groups is 1. The van der Waals surface area contributed by atoms with Crippen molar-refractivity contribution in [1.29, 1.82) is 0 Å². The van der Waals surface area contributed by atoms with E-state index in [0.717, 1.165) is 11.8 Å². The highest BCUT2D eigenvalue weighted by Crippen LogP contribution is 2.19. The minimum atomic E-state index is -0.428. The number of carbonyl (C=O) groups excluding carboxylic acids is 4. The van der Waals surface area contributed by atoms with Crippen LogP contribution in [0.5, 0.6) is 0 Å². The highest BCUT2D eigenvalue weighted by atomic mass is 32.2. The molecule has 1 aromatic carbocycles. The third kappa shape index (κ3) is 5.88. The normalized spacial score (nSPS) is 13.9. The Morgan fingerprint density at radius 3 is 2.90 bits per heavy atom. The Bertz CT molecular complexity index is 944. The van der Waals surface area contributed by atoms with E-state index in [2.05, 4.69) is 20.8 Å². The van der Waals surface area contributed by atoms with Gasteiger partial charge in [0.2, 0.25) is 17.7 Å². The van der Waals surface area contributed by atoms with Gasteiger partial charge in [-0.05, 0) is 12.1 Å². The van der Waals surface area contributed by atoms with Crippen LogP contribution in [-0.4, -0.2) is 57.6 Å². The molecule has 2 N–H and O–H groups in total. The zero-order chi connectivity index (χ0) is 20.8. The van der Waals surface area contributed by atoms with Gasteiger partial charge in [0.05, 0.1) is 5.75 Å². The zero-order valence-corrected chi connectivity index (χ0v) is 16.5. The van der Waals surface area contributed by atoms with E-state index in [-0.39, 0.29) is 35.0 Å². The third-order valence-corrected chi connectivity index (χ3v) is 4.84. The average molecular weight is 417 g/mol. The molecule has 0 bridgehead atoms. The number of nitrogens with zero attached hydrogens (tertiary/aromatic N) is 3. The number of urea groups is 1. The number of imide groups is 1. The first-order valence-electron chi connectivity index (χ1n) is 8.85. The number of anilines is 1. The summed E-state index contributed by atoms with van der Waals surface area (Å²) in [6, 6.07) is 6.24. The van der Waals surface area contributed by atoms with E-state index in [4.69, 9.17) is 4.42 Å². The van der Waals surface area contributed by atoms with Gasteiger partial charge in [0, 0.05) is 44.1 Å². The lowest BCUT2D eigenvalue weighted by Crippen LogP contribution is -2.49. The molecule has 1 aliphatic heterocycles. The molecule has 0 aliphatic carbocycles. The Hall–Kier alpha value is -3.21. The second kappa shape index (κ2) is 9.32. The number of aromatic nitrogens is 2. The molecule has 2 heterocycles. The van der Waals surface area contributed by atoms with Gasteiger partial charge in [0.15, 0.2) is 5.78 Å². The molecular weight excluding hydrogens is 398 g/mol. The van der Waals surface area contributed by atoms with Crippen molar-refractivity contribution in [1.82, 2.24) is 20.4 Å². The Morgan fingerprint density at radius 2 is 2.14 bits per heavy atom. The largest absolute Gasteiger partial charge is 0.416 e. The molecule has 0 saturated carbocycles. The van der Waals surface area contributed by atoms with Crippen LogP contribution in [0.1, 0.15) is 29.6 Å². The number of nitrogens with one attached hydrogen (secondary N) is 2. The quantitative estimate of drug-likeness (QED) is 0.487. The lowest BCUT2D eigenvalue weighted by Gasteiger charge is -2.25. The first kappa shape index (κ1) is 20.5. The predicted molar refractivity (Wildman–Crippen MR) is 104 cm³/mol. The topological polar surface area (TPSA) is 134 Å². The molecule has 1 aliphatic rings. The molecule has 1 saturated heterocycles. The monoisotopic (exact) mass is 417 g/mol. The molecule has 4 amide bonds. The van der Waals surface area contributed by atoms with Crippen molar-refractivity contribution < 1.29 is 23.6 Å². The molecule has 152 valence electrons. The predicted octanol–water partition coefficient (Wildman–Crippen LogP) is 1.49. The summed E-state index contributed by atoms with van der Waals surface area (Å²) in [6.07, 6.45) is 0.615. The summed E-state index contributed by atoms with van der Waals surface area (Å²) in [5, 5.41) is 13.0. The third-order valence-electron chi connectivity index (χ3n) is 4.02. The van der Waals surface area contributed by atoms with Gasteiger partial charge < -0.3 is 14.6 Å². The maximum absolute atomic E-state index is 12.4. The van der Waals surface area contributed by atoms with Crippen molar-refractivity contribution in [3.8, 4) is 0 Å². The average Bonchev–Trinajstić information content (AvgIpc) is 3.13. The summed E-state index contributed by atoms with van der Waals surface area (Å²) >= 11 is 1.11. The van der Waals surface area contributed by atoms with Gasteiger partial charge in [-0.2, -0.15) is 0 Å². The molecule has 0 spiro atoms. The van der Waals surface area contributed by atoms with E-state index in [9.17, 15) is 19.2 Å². The van der Waals surface area contributed by atoms with E-state index in [1.54, 1.807) is 24.3 Å². The van der Waals surface area contributed by atoms with Gasteiger partial charge in [-0.3, -0.25) is 19.7 Å². The van der Waals surface area contributed by atoms with Crippen LogP contribution < -0.4 is 10.6 Å². The highest BCUT2D eigenvalue weighted by Gasteiger charge is 2.23. The second-order valence-electron chi connectivity index (χ2n) is 6.28. The molecule has 2 aromatic rings. The maximum Gasteiger partial charge on any atom is 0.324 e. The summed E-state index contributed by atoms with van der Waals surface area (Å²) in [5.74, 6) is -0.193. The van der Waals surface area contributed by atoms with Crippen molar-refractivity contribution in [2.75, 3.05) is 24.2 Å². The summed E-state index contributed by atoms with van der Waals surface area (Å²) in [4.78, 5) is 47.8. The van der Waals surface area contributed by atoms with Crippen LogP contribution in [-0.2, 0) is 16.0 Å². The van der Waals surface area contributed by atoms with Crippen molar-refractivity contribution in [3.63, 3.8) is 0 Å². The van der Waals surface area contributed by atoms with Crippen molar-refractivity contribution in [3.05, 3.63) is 35.7 Å². The smallest absolute Gasteiger partial charge is 0.324 e. The molecule has 0 atom stereocenters. The maximum atomic E-state index is 12.4. The van der Waals surface area contributed by atoms with Crippen molar-refractivity contribution in [2.24, 2.45) is 0 Å². The van der Waals surface area contributed by atoms with Crippen LogP contribution in [0.25, 0.3) is 0 Å². The van der Waals surface area contributed by atoms with E-state index in [1.807, 2.05) is 0 Å². The van der Waals surface area contributed by atoms with Crippen LogP contribution in [0.4, 0.5) is 10.5 Å². The number of carbonyl (C=O) groups is 4. The molecule has 29 heavy (non-hydrogen) atoms. The number of Topliss-reactive ketones (excluding diaryl/α,β-unsaturated/α-hetero) is 1. The lowest BCUT2D eigenvalue weighted by atomic mass is 10.1. The van der Waals surface area contributed by atoms with E-state index >= 15 is 0 Å². The molecule has 1 aromatic heterocycles. The minimum absolute atomic E-state index is 0.0990. The van der Waals surface area contributed by atoms with Gasteiger partial charge >= 0.3 is 6.03 Å². The molecule has 1 fully saturated rings. The SMILES string of the molecule is CC(=O)Nc1cccc(C(=O)CSc2nnc(CCN3CCC(=O)NC3=O)o2)c1. The fraction of sp³-hybridized carbons (Fsp3) is 0.333. The highest BCUT2D eigenvalue weighted by molar-refractivity contribution is 7.99. The molecule has 3 rings (SSSR count). The lowest BCUT2D eigenvalue weighted by molar-refractivity contribution is -0.121. The Morgan fingerprint density at radius 1 is 1.31 bits per heavy atom. The fourth-order valence-electron chi connectivity index (χ4n) is 2.62. The number of hydrogen-bond donors (Lipinski definition) is 2. The molecule has 11 heteroatoms. The summed E-state index contributed by atoms with van der Waals surface area (Å²) in [6.45, 7) is 2.10. The number of benzene rings is 1. The van der Waals surface area contributed by atoms with Crippen LogP contribution in [0, 0.1) is 0 Å². The van der Waals surface area contributed by atoms with Gasteiger partial charge in [0.1, 0.15) is 0 Å². The van der Waals surface area contributed by atoms with Crippen LogP contribution in [0.15, 0.2) is 33.9 Å². The molecule has 0 radical (unpaired) electrons. The summed E-state index contributed by atoms with van der Waals surface area (Å²) < 4.78 is 5.50. The molecule has 10 nitrogen and oxygen atoms in total. The fourth-order valence-corrected chi connectivity index (χ4v) is 3.30. The summed E-state index contributed by atoms with van der Waals surface area (Å²) in [7, 11) is 0. The van der Waals surface area contributed by atoms with Crippen molar-refractivity contribution in [2.45, 2.75) is 25.0 Å². The molecular formula is C18H19N5O5S. The molecule has 0 unspecified atom stereocenters. The zero-order valence-electron chi connectivity index (χ0n) is 15.6. The first-order valence-corrected chi connectivity index (χ1v) is 9.84. The van der Waals surface area contributed by atoms with E-state index in [0.29, 0.717) is 36.7 Å².